The number of benzene rings is 1. The summed E-state index contributed by atoms with van der Waals surface area (Å²) in [5.41, 5.74) is 1.70. The Kier molecular flexibility index (Phi) is 2.09. The van der Waals surface area contributed by atoms with Crippen LogP contribution in [0.3, 0.4) is 0 Å². The zero-order valence-corrected chi connectivity index (χ0v) is 8.42. The molecule has 13 heavy (non-hydrogen) atoms. The molecule has 2 N–H and O–H groups in total. The van der Waals surface area contributed by atoms with Crippen LogP contribution in [0.15, 0.2) is 21.8 Å². The second kappa shape index (κ2) is 3.12. The summed E-state index contributed by atoms with van der Waals surface area (Å²) >= 11 is 0. The molecule has 0 fully saturated rings. The molecule has 5 heteroatoms. The summed E-state index contributed by atoms with van der Waals surface area (Å²) < 4.78 is 0. The van der Waals surface area contributed by atoms with Crippen LogP contribution in [0.4, 0.5) is 0 Å². The number of H-pyrrole nitrogens is 2. The number of aryl methyl sites for hydroxylation is 1. The molecule has 1 heterocycles. The highest BCUT2D eigenvalue weighted by Gasteiger charge is 2.06. The van der Waals surface area contributed by atoms with Crippen molar-refractivity contribution in [2.24, 2.45) is 0 Å². The summed E-state index contributed by atoms with van der Waals surface area (Å²) in [6, 6.07) is 3.77. The van der Waals surface area contributed by atoms with Crippen molar-refractivity contribution in [3.63, 3.8) is 0 Å². The third-order valence-electron chi connectivity index (χ3n) is 1.88. The number of aromatic nitrogens is 2. The number of hydrogen-bond donors (Lipinski definition) is 2. The average molecular weight is 215 g/mol. The van der Waals surface area contributed by atoms with Crippen molar-refractivity contribution < 1.29 is 0 Å². The van der Waals surface area contributed by atoms with Crippen LogP contribution >= 0.6 is 21.7 Å². The number of hydrogen-bond acceptors (Lipinski definition) is 2. The second-order valence-corrected chi connectivity index (χ2v) is 3.90. The standard InChI is InChI=1S/C8H7ClN2OS/c1-4-2-5-7(6(3-4)13-9)10-11-8(5)12/h2-3H,1H3,(H2,10,11,12). The number of rotatable bonds is 1. The highest BCUT2D eigenvalue weighted by molar-refractivity contribution is 8.21. The van der Waals surface area contributed by atoms with Gasteiger partial charge in [-0.15, -0.1) is 0 Å². The minimum Gasteiger partial charge on any atom is -0.296 e. The van der Waals surface area contributed by atoms with Crippen LogP contribution in [0.25, 0.3) is 10.9 Å². The molecule has 0 atom stereocenters. The van der Waals surface area contributed by atoms with E-state index in [1.807, 2.05) is 19.1 Å². The summed E-state index contributed by atoms with van der Waals surface area (Å²) in [5.74, 6) is 0. The fraction of sp³-hybridized carbons (Fsp3) is 0.125. The Morgan fingerprint density at radius 3 is 2.85 bits per heavy atom. The van der Waals surface area contributed by atoms with Gasteiger partial charge >= 0.3 is 0 Å². The van der Waals surface area contributed by atoms with Gasteiger partial charge in [-0.2, -0.15) is 0 Å². The lowest BCUT2D eigenvalue weighted by molar-refractivity contribution is 1.07. The van der Waals surface area contributed by atoms with E-state index in [0.717, 1.165) is 27.0 Å². The smallest absolute Gasteiger partial charge is 0.271 e. The van der Waals surface area contributed by atoms with Gasteiger partial charge in [0.2, 0.25) is 0 Å². The topological polar surface area (TPSA) is 48.6 Å². The first-order chi connectivity index (χ1) is 6.22. The van der Waals surface area contributed by atoms with Gasteiger partial charge in [0, 0.05) is 4.90 Å². The van der Waals surface area contributed by atoms with Crippen molar-refractivity contribution in [1.29, 1.82) is 0 Å². The highest BCUT2D eigenvalue weighted by atomic mass is 35.7. The Morgan fingerprint density at radius 2 is 2.15 bits per heavy atom. The molecular formula is C8H7ClN2OS. The summed E-state index contributed by atoms with van der Waals surface area (Å²) in [6.07, 6.45) is 0. The maximum Gasteiger partial charge on any atom is 0.271 e. The molecule has 2 rings (SSSR count). The maximum absolute atomic E-state index is 11.3. The fourth-order valence-electron chi connectivity index (χ4n) is 1.31. The largest absolute Gasteiger partial charge is 0.296 e. The van der Waals surface area contributed by atoms with Crippen LogP contribution < -0.4 is 5.56 Å². The number of aromatic amines is 2. The van der Waals surface area contributed by atoms with Gasteiger partial charge in [-0.05, 0) is 46.3 Å². The minimum atomic E-state index is -0.106. The van der Waals surface area contributed by atoms with E-state index < -0.39 is 0 Å². The van der Waals surface area contributed by atoms with E-state index >= 15 is 0 Å². The van der Waals surface area contributed by atoms with Gasteiger partial charge in [0.05, 0.1) is 10.9 Å². The van der Waals surface area contributed by atoms with E-state index in [1.165, 1.54) is 0 Å². The van der Waals surface area contributed by atoms with E-state index in [9.17, 15) is 4.79 Å². The molecule has 0 amide bonds. The van der Waals surface area contributed by atoms with Gasteiger partial charge in [-0.1, -0.05) is 0 Å². The van der Waals surface area contributed by atoms with Gasteiger partial charge in [0.1, 0.15) is 0 Å². The van der Waals surface area contributed by atoms with Gasteiger partial charge in [-0.3, -0.25) is 15.0 Å². The molecule has 0 saturated heterocycles. The first-order valence-corrected chi connectivity index (χ1v) is 5.36. The normalized spacial score (nSPS) is 10.9. The number of nitrogens with one attached hydrogen (secondary N) is 2. The molecule has 1 aromatic carbocycles. The lowest BCUT2D eigenvalue weighted by Crippen LogP contribution is -1.97. The van der Waals surface area contributed by atoms with Crippen molar-refractivity contribution in [2.75, 3.05) is 0 Å². The van der Waals surface area contributed by atoms with E-state index in [0.29, 0.717) is 5.39 Å². The second-order valence-electron chi connectivity index (χ2n) is 2.84. The van der Waals surface area contributed by atoms with Crippen molar-refractivity contribution >= 4 is 32.6 Å². The van der Waals surface area contributed by atoms with E-state index in [4.69, 9.17) is 10.7 Å². The van der Waals surface area contributed by atoms with Crippen molar-refractivity contribution in [3.05, 3.63) is 28.0 Å². The average Bonchev–Trinajstić information content (AvgIpc) is 2.47. The molecule has 0 aliphatic rings. The van der Waals surface area contributed by atoms with Crippen molar-refractivity contribution in [3.8, 4) is 0 Å². The Bertz CT molecular complexity index is 502. The van der Waals surface area contributed by atoms with Crippen molar-refractivity contribution in [1.82, 2.24) is 10.2 Å². The van der Waals surface area contributed by atoms with Gasteiger partial charge in [0.25, 0.3) is 5.56 Å². The van der Waals surface area contributed by atoms with Crippen LogP contribution in [-0.4, -0.2) is 10.2 Å². The zero-order valence-electron chi connectivity index (χ0n) is 6.85. The SMILES string of the molecule is Cc1cc(SCl)c2[nH][nH]c(=O)c2c1. The van der Waals surface area contributed by atoms with Crippen molar-refractivity contribution in [2.45, 2.75) is 11.8 Å². The van der Waals surface area contributed by atoms with Crippen LogP contribution in [0.5, 0.6) is 0 Å². The first kappa shape index (κ1) is 8.72. The summed E-state index contributed by atoms with van der Waals surface area (Å²) in [6.45, 7) is 1.93. The zero-order chi connectivity index (χ0) is 9.42. The van der Waals surface area contributed by atoms with Gasteiger partial charge < -0.3 is 0 Å². The van der Waals surface area contributed by atoms with Crippen LogP contribution in [0, 0.1) is 6.92 Å². The molecule has 3 nitrogen and oxygen atoms in total. The summed E-state index contributed by atoms with van der Waals surface area (Å²) in [4.78, 5) is 12.1. The third-order valence-corrected chi connectivity index (χ3v) is 2.86. The number of fused-ring (bicyclic) bond motifs is 1. The Morgan fingerprint density at radius 1 is 1.38 bits per heavy atom. The lowest BCUT2D eigenvalue weighted by Gasteiger charge is -1.97. The highest BCUT2D eigenvalue weighted by Crippen LogP contribution is 2.28. The van der Waals surface area contributed by atoms with Gasteiger partial charge in [-0.25, -0.2) is 0 Å². The molecule has 0 radical (unpaired) electrons. The molecule has 68 valence electrons. The molecule has 0 aliphatic heterocycles. The van der Waals surface area contributed by atoms with E-state index in [1.54, 1.807) is 0 Å². The van der Waals surface area contributed by atoms with E-state index in [2.05, 4.69) is 10.2 Å². The molecule has 0 spiro atoms. The summed E-state index contributed by atoms with van der Waals surface area (Å²) in [5, 5.41) is 5.97. The monoisotopic (exact) mass is 214 g/mol. The predicted molar refractivity (Wildman–Crippen MR) is 55.4 cm³/mol. The summed E-state index contributed by atoms with van der Waals surface area (Å²) in [7, 11) is 6.78. The molecule has 1 aromatic heterocycles. The molecule has 0 saturated carbocycles. The van der Waals surface area contributed by atoms with Crippen LogP contribution in [-0.2, 0) is 0 Å². The quantitative estimate of drug-likeness (QED) is 0.766. The third kappa shape index (κ3) is 1.36. The Hall–Kier alpha value is -0.870. The molecule has 0 unspecified atom stereocenters. The van der Waals surface area contributed by atoms with E-state index in [-0.39, 0.29) is 5.56 Å². The molecule has 0 bridgehead atoms. The molecule has 2 aromatic rings. The van der Waals surface area contributed by atoms with Crippen LogP contribution in [0.1, 0.15) is 5.56 Å². The molecule has 0 aliphatic carbocycles. The fourth-order valence-corrected chi connectivity index (χ4v) is 2.14. The Balaban J connectivity index is 2.92. The first-order valence-electron chi connectivity index (χ1n) is 3.72. The lowest BCUT2D eigenvalue weighted by atomic mass is 10.2. The Labute approximate surface area is 83.0 Å². The molecular weight excluding hydrogens is 208 g/mol. The predicted octanol–water partition coefficient (Wildman–Crippen LogP) is 2.41. The van der Waals surface area contributed by atoms with Crippen LogP contribution in [0.2, 0.25) is 0 Å². The number of halogens is 1. The van der Waals surface area contributed by atoms with Gasteiger partial charge in [0.15, 0.2) is 0 Å². The minimum absolute atomic E-state index is 0.106. The maximum atomic E-state index is 11.3.